The molecule has 0 spiro atoms. The number of aryl methyl sites for hydroxylation is 2. The molecule has 3 N–H and O–H groups in total. The molecule has 3 aliphatic rings. The molecule has 1 atom stereocenters. The Labute approximate surface area is 208 Å². The second-order valence-corrected chi connectivity index (χ2v) is 9.28. The van der Waals surface area contributed by atoms with Crippen LogP contribution in [-0.2, 0) is 13.5 Å². The smallest absolute Gasteiger partial charge is 0.269 e. The van der Waals surface area contributed by atoms with Gasteiger partial charge in [0.05, 0.1) is 11.9 Å². The maximum Gasteiger partial charge on any atom is 0.269 e. The summed E-state index contributed by atoms with van der Waals surface area (Å²) in [4.78, 5) is 17.0. The van der Waals surface area contributed by atoms with Crippen molar-refractivity contribution in [2.24, 2.45) is 12.8 Å². The molecule has 0 saturated heterocycles. The van der Waals surface area contributed by atoms with Gasteiger partial charge >= 0.3 is 0 Å². The Morgan fingerprint density at radius 2 is 2.08 bits per heavy atom. The number of benzene rings is 1. The highest BCUT2D eigenvalue weighted by Gasteiger charge is 2.41. The molecule has 1 fully saturated rings. The monoisotopic (exact) mass is 484 g/mol. The van der Waals surface area contributed by atoms with Crippen LogP contribution in [0.4, 0.5) is 0 Å². The van der Waals surface area contributed by atoms with Gasteiger partial charge in [-0.25, -0.2) is 4.98 Å². The lowest BCUT2D eigenvalue weighted by molar-refractivity contribution is 0.0994. The Hall–Kier alpha value is -4.16. The number of primary amides is 1. The van der Waals surface area contributed by atoms with Crippen molar-refractivity contribution in [1.82, 2.24) is 24.5 Å². The maximum absolute atomic E-state index is 12.3. The molecule has 1 amide bonds. The summed E-state index contributed by atoms with van der Waals surface area (Å²) < 4.78 is 8.60. The first-order chi connectivity index (χ1) is 17.3. The minimum atomic E-state index is -0.689. The van der Waals surface area contributed by atoms with E-state index in [1.165, 1.54) is 5.56 Å². The van der Waals surface area contributed by atoms with E-state index in [9.17, 15) is 9.90 Å². The van der Waals surface area contributed by atoms with Gasteiger partial charge in [0.1, 0.15) is 23.4 Å². The third-order valence-corrected chi connectivity index (χ3v) is 6.72. The number of aliphatic hydroxyl groups excluding tert-OH is 1. The summed E-state index contributed by atoms with van der Waals surface area (Å²) in [6.45, 7) is 3.49. The molecular formula is C27H28N6O3. The number of amides is 1. The first-order valence-corrected chi connectivity index (χ1v) is 11.9. The number of aliphatic hydroxyl groups is 1. The molecule has 0 radical (unpaired) electrons. The van der Waals surface area contributed by atoms with E-state index in [1.54, 1.807) is 25.4 Å². The Morgan fingerprint density at radius 3 is 2.67 bits per heavy atom. The highest BCUT2D eigenvalue weighted by Crippen LogP contribution is 2.53. The number of imidazole rings is 1. The zero-order valence-corrected chi connectivity index (χ0v) is 20.5. The molecule has 9 nitrogen and oxygen atoms in total. The van der Waals surface area contributed by atoms with Crippen molar-refractivity contribution in [2.75, 3.05) is 0 Å². The van der Waals surface area contributed by atoms with Gasteiger partial charge in [0, 0.05) is 48.6 Å². The van der Waals surface area contributed by atoms with Gasteiger partial charge in [-0.2, -0.15) is 5.10 Å². The Kier molecular flexibility index (Phi) is 6.20. The van der Waals surface area contributed by atoms with Crippen molar-refractivity contribution in [3.05, 3.63) is 76.7 Å². The van der Waals surface area contributed by atoms with Crippen molar-refractivity contribution >= 4 is 5.91 Å². The molecule has 2 aliphatic heterocycles. The molecule has 2 bridgehead atoms. The number of nitrogens with two attached hydrogens (primary N) is 1. The van der Waals surface area contributed by atoms with Crippen molar-refractivity contribution in [2.45, 2.75) is 51.2 Å². The summed E-state index contributed by atoms with van der Waals surface area (Å²) in [6.07, 6.45) is 5.26. The molecule has 1 unspecified atom stereocenters. The lowest BCUT2D eigenvalue weighted by atomic mass is 9.75. The first kappa shape index (κ1) is 23.6. The van der Waals surface area contributed by atoms with Crippen molar-refractivity contribution < 1.29 is 14.4 Å². The Morgan fingerprint density at radius 1 is 1.28 bits per heavy atom. The lowest BCUT2D eigenvalue weighted by Gasteiger charge is -2.35. The summed E-state index contributed by atoms with van der Waals surface area (Å²) in [5.41, 5.74) is 10.9. The van der Waals surface area contributed by atoms with Crippen LogP contribution in [0.15, 0.2) is 47.2 Å². The molecule has 1 aliphatic carbocycles. The average molecular weight is 485 g/mol. The molecule has 9 heteroatoms. The topological polar surface area (TPSA) is 125 Å². The van der Waals surface area contributed by atoms with Gasteiger partial charge < -0.3 is 19.9 Å². The fourth-order valence-corrected chi connectivity index (χ4v) is 4.87. The van der Waals surface area contributed by atoms with E-state index in [2.05, 4.69) is 37.3 Å². The summed E-state index contributed by atoms with van der Waals surface area (Å²) in [5, 5.41) is 17.2. The molecular weight excluding hydrogens is 456 g/mol. The molecule has 36 heavy (non-hydrogen) atoms. The minimum absolute atomic E-state index is 0.299. The second kappa shape index (κ2) is 9.47. The number of nitrogens with zero attached hydrogens (tertiary/aromatic N) is 5. The van der Waals surface area contributed by atoms with Crippen molar-refractivity contribution in [3.63, 3.8) is 0 Å². The molecule has 5 heterocycles. The number of carbonyl (C=O) groups is 1. The summed E-state index contributed by atoms with van der Waals surface area (Å²) in [5.74, 6) is 7.41. The second-order valence-electron chi connectivity index (χ2n) is 9.28. The fraction of sp³-hybridized carbons (Fsp3) is 0.333. The van der Waals surface area contributed by atoms with Crippen LogP contribution in [0.2, 0.25) is 0 Å². The molecule has 4 aromatic rings. The molecule has 1 aromatic carbocycles. The predicted octanol–water partition coefficient (Wildman–Crippen LogP) is 3.12. The SMILES string of the molecule is CC(O)C#Cc1ccc2c(c1)-c1nc(C(N)=O)c(Cc3ccnn3C)n1C1CC2C1.Cc1ccno1. The summed E-state index contributed by atoms with van der Waals surface area (Å²) in [6, 6.07) is 10.2. The number of aromatic nitrogens is 5. The van der Waals surface area contributed by atoms with Gasteiger partial charge in [0.15, 0.2) is 0 Å². The quantitative estimate of drug-likeness (QED) is 0.431. The van der Waals surface area contributed by atoms with Crippen LogP contribution < -0.4 is 5.73 Å². The van der Waals surface area contributed by atoms with Gasteiger partial charge in [-0.15, -0.1) is 0 Å². The third kappa shape index (κ3) is 4.43. The van der Waals surface area contributed by atoms with Crippen LogP contribution >= 0.6 is 0 Å². The van der Waals surface area contributed by atoms with Crippen LogP contribution in [-0.4, -0.2) is 41.6 Å². The summed E-state index contributed by atoms with van der Waals surface area (Å²) >= 11 is 0. The number of carbonyl (C=O) groups excluding carboxylic acids is 1. The normalized spacial score (nSPS) is 17.8. The standard InChI is InChI=1S/C23H23N5O2.C4H5NO/c1-13(29)3-4-14-5-6-18-15-10-17(11-15)28-20(12-16-7-8-25-27(16)2)21(22(24)30)26-23(28)19(18)9-14;1-4-2-3-5-6-4/h5-9,13,15,17,29H,10-12H2,1-2H3,(H2,24,30);2-3H,1H3. The maximum atomic E-state index is 12.3. The van der Waals surface area contributed by atoms with Gasteiger partial charge in [-0.3, -0.25) is 9.48 Å². The van der Waals surface area contributed by atoms with E-state index < -0.39 is 12.0 Å². The van der Waals surface area contributed by atoms with Crippen LogP contribution in [0.5, 0.6) is 0 Å². The lowest BCUT2D eigenvalue weighted by Crippen LogP contribution is -2.25. The number of hydrogen-bond donors (Lipinski definition) is 2. The largest absolute Gasteiger partial charge is 0.381 e. The zero-order chi connectivity index (χ0) is 25.4. The van der Waals surface area contributed by atoms with Crippen LogP contribution in [0, 0.1) is 18.8 Å². The highest BCUT2D eigenvalue weighted by atomic mass is 16.5. The van der Waals surface area contributed by atoms with E-state index in [-0.39, 0.29) is 0 Å². The van der Waals surface area contributed by atoms with E-state index in [1.807, 2.05) is 36.9 Å². The van der Waals surface area contributed by atoms with Crippen molar-refractivity contribution in [1.29, 1.82) is 0 Å². The van der Waals surface area contributed by atoms with Crippen LogP contribution in [0.1, 0.15) is 70.5 Å². The predicted molar refractivity (Wildman–Crippen MR) is 133 cm³/mol. The van der Waals surface area contributed by atoms with E-state index in [0.29, 0.717) is 24.1 Å². The number of hydrogen-bond acceptors (Lipinski definition) is 6. The average Bonchev–Trinajstić information content (AvgIpc) is 3.51. The Balaban J connectivity index is 0.000000391. The van der Waals surface area contributed by atoms with E-state index in [0.717, 1.165) is 46.9 Å². The Bertz CT molecular complexity index is 1460. The fourth-order valence-electron chi connectivity index (χ4n) is 4.87. The van der Waals surface area contributed by atoms with E-state index in [4.69, 9.17) is 10.7 Å². The third-order valence-electron chi connectivity index (χ3n) is 6.72. The minimum Gasteiger partial charge on any atom is -0.381 e. The van der Waals surface area contributed by atoms with Crippen molar-refractivity contribution in [3.8, 4) is 23.2 Å². The zero-order valence-electron chi connectivity index (χ0n) is 20.5. The summed E-state index contributed by atoms with van der Waals surface area (Å²) in [7, 11) is 1.89. The van der Waals surface area contributed by atoms with Crippen LogP contribution in [0.3, 0.4) is 0 Å². The van der Waals surface area contributed by atoms with Gasteiger partial charge in [0.2, 0.25) is 0 Å². The molecule has 7 rings (SSSR count). The van der Waals surface area contributed by atoms with E-state index >= 15 is 0 Å². The highest BCUT2D eigenvalue weighted by molar-refractivity contribution is 5.93. The van der Waals surface area contributed by atoms with Gasteiger partial charge in [-0.1, -0.05) is 23.1 Å². The van der Waals surface area contributed by atoms with Gasteiger partial charge in [-0.05, 0) is 56.4 Å². The molecule has 184 valence electrons. The molecule has 1 saturated carbocycles. The van der Waals surface area contributed by atoms with Gasteiger partial charge in [0.25, 0.3) is 5.91 Å². The first-order valence-electron chi connectivity index (χ1n) is 11.9. The molecule has 3 aromatic heterocycles. The van der Waals surface area contributed by atoms with Crippen LogP contribution in [0.25, 0.3) is 11.4 Å². The number of rotatable bonds is 3.